The van der Waals surface area contributed by atoms with Gasteiger partial charge < -0.3 is 16.0 Å². The number of hydrogen-bond acceptors (Lipinski definition) is 3. The molecule has 2 aliphatic rings. The highest BCUT2D eigenvalue weighted by Crippen LogP contribution is 2.25. The topological polar surface area (TPSA) is 53.2 Å². The fraction of sp³-hybridized carbons (Fsp3) is 0.588. The third kappa shape index (κ3) is 3.65. The zero-order valence-electron chi connectivity index (χ0n) is 12.9. The largest absolute Gasteiger partial charge is 0.324 e. The first-order chi connectivity index (χ1) is 10.7. The van der Waals surface area contributed by atoms with Crippen molar-refractivity contribution in [2.45, 2.75) is 38.6 Å². The van der Waals surface area contributed by atoms with Crippen molar-refractivity contribution < 1.29 is 9.18 Å². The molecule has 0 atom stereocenters. The van der Waals surface area contributed by atoms with Gasteiger partial charge in [-0.2, -0.15) is 0 Å². The Morgan fingerprint density at radius 1 is 1.23 bits per heavy atom. The van der Waals surface area contributed by atoms with E-state index >= 15 is 0 Å². The minimum Gasteiger partial charge on any atom is -0.324 e. The van der Waals surface area contributed by atoms with E-state index in [-0.39, 0.29) is 11.7 Å². The average Bonchev–Trinajstić information content (AvgIpc) is 2.57. The van der Waals surface area contributed by atoms with E-state index < -0.39 is 0 Å². The fourth-order valence-corrected chi connectivity index (χ4v) is 3.35. The zero-order chi connectivity index (χ0) is 15.4. The van der Waals surface area contributed by atoms with E-state index in [1.165, 1.54) is 0 Å². The lowest BCUT2D eigenvalue weighted by Gasteiger charge is -2.22. The summed E-state index contributed by atoms with van der Waals surface area (Å²) in [7, 11) is 0. The first-order valence-corrected chi connectivity index (χ1v) is 8.25. The van der Waals surface area contributed by atoms with Crippen LogP contribution in [0.5, 0.6) is 0 Å². The molecule has 1 aromatic rings. The van der Waals surface area contributed by atoms with Gasteiger partial charge in [0.1, 0.15) is 5.82 Å². The Kier molecular flexibility index (Phi) is 5.05. The molecule has 3 rings (SSSR count). The summed E-state index contributed by atoms with van der Waals surface area (Å²) in [5.41, 5.74) is 2.07. The standard InChI is InChI=1S/C17H24FN3O/c18-17-14-7-10-20-11-13(14)2-3-15(17)21-16(22)4-1-12-5-8-19-9-6-12/h2-3,12,19-20H,1,4-11H2,(H,21,22). The van der Waals surface area contributed by atoms with Crippen molar-refractivity contribution in [3.63, 3.8) is 0 Å². The van der Waals surface area contributed by atoms with Crippen LogP contribution in [0.25, 0.3) is 0 Å². The minimum absolute atomic E-state index is 0.0775. The summed E-state index contributed by atoms with van der Waals surface area (Å²) in [5.74, 6) is 0.284. The Morgan fingerprint density at radius 2 is 2.05 bits per heavy atom. The molecule has 0 spiro atoms. The molecule has 1 aromatic carbocycles. The molecule has 0 bridgehead atoms. The monoisotopic (exact) mass is 305 g/mol. The maximum absolute atomic E-state index is 14.5. The first kappa shape index (κ1) is 15.4. The van der Waals surface area contributed by atoms with E-state index in [1.807, 2.05) is 6.07 Å². The van der Waals surface area contributed by atoms with Gasteiger partial charge in [-0.3, -0.25) is 4.79 Å². The van der Waals surface area contributed by atoms with Crippen LogP contribution in [0.15, 0.2) is 12.1 Å². The van der Waals surface area contributed by atoms with Crippen molar-refractivity contribution in [1.82, 2.24) is 10.6 Å². The molecule has 22 heavy (non-hydrogen) atoms. The molecule has 0 radical (unpaired) electrons. The third-order valence-electron chi connectivity index (χ3n) is 4.72. The van der Waals surface area contributed by atoms with Gasteiger partial charge in [-0.15, -0.1) is 0 Å². The summed E-state index contributed by atoms with van der Waals surface area (Å²) in [4.78, 5) is 12.1. The number of rotatable bonds is 4. The number of halogens is 1. The van der Waals surface area contributed by atoms with E-state index in [9.17, 15) is 9.18 Å². The van der Waals surface area contributed by atoms with E-state index in [0.717, 1.165) is 50.0 Å². The van der Waals surface area contributed by atoms with Crippen molar-refractivity contribution in [2.24, 2.45) is 5.92 Å². The molecule has 4 nitrogen and oxygen atoms in total. The van der Waals surface area contributed by atoms with Crippen LogP contribution in [0.3, 0.4) is 0 Å². The van der Waals surface area contributed by atoms with E-state index in [1.54, 1.807) is 6.07 Å². The van der Waals surface area contributed by atoms with Crippen molar-refractivity contribution in [1.29, 1.82) is 0 Å². The summed E-state index contributed by atoms with van der Waals surface area (Å²) in [6, 6.07) is 3.59. The van der Waals surface area contributed by atoms with Gasteiger partial charge in [-0.05, 0) is 68.4 Å². The highest BCUT2D eigenvalue weighted by Gasteiger charge is 2.18. The molecule has 1 fully saturated rings. The maximum atomic E-state index is 14.5. The normalized spacial score (nSPS) is 18.8. The van der Waals surface area contributed by atoms with Gasteiger partial charge in [-0.25, -0.2) is 4.39 Å². The van der Waals surface area contributed by atoms with Crippen LogP contribution in [0.2, 0.25) is 0 Å². The molecule has 0 unspecified atom stereocenters. The quantitative estimate of drug-likeness (QED) is 0.799. The lowest BCUT2D eigenvalue weighted by molar-refractivity contribution is -0.116. The van der Waals surface area contributed by atoms with Gasteiger partial charge in [0.05, 0.1) is 5.69 Å². The second kappa shape index (κ2) is 7.20. The summed E-state index contributed by atoms with van der Waals surface area (Å²) in [6.45, 7) is 3.58. The molecule has 2 heterocycles. The van der Waals surface area contributed by atoms with Crippen LogP contribution in [0.4, 0.5) is 10.1 Å². The number of amides is 1. The molecule has 1 amide bonds. The molecule has 0 saturated carbocycles. The fourth-order valence-electron chi connectivity index (χ4n) is 3.35. The molecular weight excluding hydrogens is 281 g/mol. The number of carbonyl (C=O) groups excluding carboxylic acids is 1. The van der Waals surface area contributed by atoms with E-state index in [4.69, 9.17) is 0 Å². The summed E-state index contributed by atoms with van der Waals surface area (Å²) >= 11 is 0. The van der Waals surface area contributed by atoms with Crippen molar-refractivity contribution in [3.05, 3.63) is 29.1 Å². The molecule has 0 aliphatic carbocycles. The summed E-state index contributed by atoms with van der Waals surface area (Å²) < 4.78 is 14.5. The number of carbonyl (C=O) groups is 1. The van der Waals surface area contributed by atoms with E-state index in [0.29, 0.717) is 31.0 Å². The second-order valence-corrected chi connectivity index (χ2v) is 6.27. The van der Waals surface area contributed by atoms with Crippen LogP contribution in [0.1, 0.15) is 36.8 Å². The SMILES string of the molecule is O=C(CCC1CCNCC1)Nc1ccc2c(c1F)CCNC2. The minimum atomic E-state index is -0.255. The van der Waals surface area contributed by atoms with E-state index in [2.05, 4.69) is 16.0 Å². The Balaban J connectivity index is 1.57. The number of benzene rings is 1. The Morgan fingerprint density at radius 3 is 2.86 bits per heavy atom. The molecule has 2 aliphatic heterocycles. The van der Waals surface area contributed by atoms with Crippen LogP contribution in [-0.4, -0.2) is 25.5 Å². The highest BCUT2D eigenvalue weighted by atomic mass is 19.1. The number of piperidine rings is 1. The molecule has 1 saturated heterocycles. The van der Waals surface area contributed by atoms with Gasteiger partial charge in [-0.1, -0.05) is 6.07 Å². The van der Waals surface area contributed by atoms with Gasteiger partial charge in [0.2, 0.25) is 5.91 Å². The van der Waals surface area contributed by atoms with Crippen LogP contribution in [-0.2, 0) is 17.8 Å². The smallest absolute Gasteiger partial charge is 0.224 e. The average molecular weight is 305 g/mol. The molecule has 120 valence electrons. The second-order valence-electron chi connectivity index (χ2n) is 6.27. The number of nitrogens with one attached hydrogen (secondary N) is 3. The van der Waals surface area contributed by atoms with Crippen LogP contribution >= 0.6 is 0 Å². The molecule has 5 heteroatoms. The van der Waals surface area contributed by atoms with Gasteiger partial charge >= 0.3 is 0 Å². The Hall–Kier alpha value is -1.46. The molecular formula is C17H24FN3O. The lowest BCUT2D eigenvalue weighted by Crippen LogP contribution is -2.28. The number of fused-ring (bicyclic) bond motifs is 1. The van der Waals surface area contributed by atoms with Gasteiger partial charge in [0.25, 0.3) is 0 Å². The Bertz CT molecular complexity index is 541. The number of hydrogen-bond donors (Lipinski definition) is 3. The molecule has 3 N–H and O–H groups in total. The molecule has 0 aromatic heterocycles. The van der Waals surface area contributed by atoms with Gasteiger partial charge in [0.15, 0.2) is 0 Å². The third-order valence-corrected chi connectivity index (χ3v) is 4.72. The predicted octanol–water partition coefficient (Wildman–Crippen LogP) is 2.19. The van der Waals surface area contributed by atoms with Crippen LogP contribution in [0, 0.1) is 11.7 Å². The predicted molar refractivity (Wildman–Crippen MR) is 85.3 cm³/mol. The van der Waals surface area contributed by atoms with Gasteiger partial charge in [0, 0.05) is 13.0 Å². The Labute approximate surface area is 130 Å². The maximum Gasteiger partial charge on any atom is 0.224 e. The lowest BCUT2D eigenvalue weighted by atomic mass is 9.93. The van der Waals surface area contributed by atoms with Crippen molar-refractivity contribution in [3.8, 4) is 0 Å². The van der Waals surface area contributed by atoms with Crippen molar-refractivity contribution in [2.75, 3.05) is 25.0 Å². The number of anilines is 1. The first-order valence-electron chi connectivity index (χ1n) is 8.25. The zero-order valence-corrected chi connectivity index (χ0v) is 12.9. The van der Waals surface area contributed by atoms with Crippen molar-refractivity contribution >= 4 is 11.6 Å². The van der Waals surface area contributed by atoms with Crippen LogP contribution < -0.4 is 16.0 Å². The highest BCUT2D eigenvalue weighted by molar-refractivity contribution is 5.91. The summed E-state index contributed by atoms with van der Waals surface area (Å²) in [6.07, 6.45) is 4.31. The summed E-state index contributed by atoms with van der Waals surface area (Å²) in [5, 5.41) is 9.30.